The van der Waals surface area contributed by atoms with Gasteiger partial charge in [0.05, 0.1) is 9.92 Å². The fourth-order valence-corrected chi connectivity index (χ4v) is 4.39. The summed E-state index contributed by atoms with van der Waals surface area (Å²) >= 11 is 5.67. The van der Waals surface area contributed by atoms with E-state index in [1.54, 1.807) is 12.1 Å². The van der Waals surface area contributed by atoms with Crippen molar-refractivity contribution in [3.63, 3.8) is 0 Å². The van der Waals surface area contributed by atoms with Crippen molar-refractivity contribution in [2.24, 2.45) is 0 Å². The van der Waals surface area contributed by atoms with Crippen molar-refractivity contribution in [3.8, 4) is 0 Å². The van der Waals surface area contributed by atoms with Crippen molar-refractivity contribution in [1.82, 2.24) is 0 Å². The Hall–Kier alpha value is -2.38. The topological polar surface area (TPSA) is 67.6 Å². The lowest BCUT2D eigenvalue weighted by Crippen LogP contribution is -2.21. The molecule has 0 spiro atoms. The average molecular weight is 410 g/mol. The molecule has 2 aromatic carbocycles. The second-order valence-electron chi connectivity index (χ2n) is 5.87. The van der Waals surface area contributed by atoms with Crippen LogP contribution in [-0.2, 0) is 9.84 Å². The van der Waals surface area contributed by atoms with Gasteiger partial charge in [0.25, 0.3) is 0 Å². The van der Waals surface area contributed by atoms with E-state index in [1.807, 2.05) is 19.9 Å². The number of sulfone groups is 1. The molecule has 0 bridgehead atoms. The molecule has 0 fully saturated rings. The molecule has 0 aliphatic heterocycles. The largest absolute Gasteiger partial charge is 0.422 e. The lowest BCUT2D eigenvalue weighted by Gasteiger charge is -2.21. The minimum Gasteiger partial charge on any atom is -0.422 e. The number of hydrogen-bond donors (Lipinski definition) is 0. The molecule has 0 N–H and O–H groups in total. The SMILES string of the molecule is CCN(CC)c1ccc2cc(S(=O)(=O)c3ccc(F)c(Cl)c3)c(=O)oc2c1. The van der Waals surface area contributed by atoms with Crippen molar-refractivity contribution < 1.29 is 17.2 Å². The molecule has 1 heterocycles. The summed E-state index contributed by atoms with van der Waals surface area (Å²) in [7, 11) is -4.20. The fourth-order valence-electron chi connectivity index (χ4n) is 2.82. The highest BCUT2D eigenvalue weighted by molar-refractivity contribution is 7.91. The number of rotatable bonds is 5. The van der Waals surface area contributed by atoms with E-state index in [1.165, 1.54) is 6.07 Å². The van der Waals surface area contributed by atoms with Crippen LogP contribution in [-0.4, -0.2) is 21.5 Å². The molecule has 0 radical (unpaired) electrons. The van der Waals surface area contributed by atoms with Crippen LogP contribution in [0.3, 0.4) is 0 Å². The number of halogens is 2. The van der Waals surface area contributed by atoms with Crippen LogP contribution < -0.4 is 10.5 Å². The van der Waals surface area contributed by atoms with Crippen LogP contribution in [0.25, 0.3) is 11.0 Å². The molecule has 0 aliphatic rings. The monoisotopic (exact) mass is 409 g/mol. The van der Waals surface area contributed by atoms with E-state index in [0.717, 1.165) is 37.0 Å². The summed E-state index contributed by atoms with van der Waals surface area (Å²) in [6, 6.07) is 9.47. The summed E-state index contributed by atoms with van der Waals surface area (Å²) in [6.07, 6.45) is 0. The second-order valence-corrected chi connectivity index (χ2v) is 8.20. The zero-order chi connectivity index (χ0) is 19.8. The highest BCUT2D eigenvalue weighted by Crippen LogP contribution is 2.27. The van der Waals surface area contributed by atoms with Gasteiger partial charge in [0.1, 0.15) is 11.4 Å². The maximum Gasteiger partial charge on any atom is 0.355 e. The van der Waals surface area contributed by atoms with Gasteiger partial charge in [-0.15, -0.1) is 0 Å². The molecule has 27 heavy (non-hydrogen) atoms. The van der Waals surface area contributed by atoms with Crippen LogP contribution in [0.4, 0.5) is 10.1 Å². The van der Waals surface area contributed by atoms with Crippen molar-refractivity contribution in [1.29, 1.82) is 0 Å². The number of fused-ring (bicyclic) bond motifs is 1. The first-order valence-corrected chi connectivity index (χ1v) is 10.2. The molecule has 3 aromatic rings. The van der Waals surface area contributed by atoms with Gasteiger partial charge < -0.3 is 9.32 Å². The van der Waals surface area contributed by atoms with Gasteiger partial charge >= 0.3 is 5.63 Å². The molecule has 1 aromatic heterocycles. The van der Waals surface area contributed by atoms with Gasteiger partial charge in [-0.05, 0) is 50.2 Å². The summed E-state index contributed by atoms with van der Waals surface area (Å²) in [5, 5.41) is 0.127. The van der Waals surface area contributed by atoms with E-state index in [9.17, 15) is 17.6 Å². The molecule has 0 atom stereocenters. The molecule has 3 rings (SSSR count). The molecule has 0 amide bonds. The smallest absolute Gasteiger partial charge is 0.355 e. The molecule has 0 saturated heterocycles. The van der Waals surface area contributed by atoms with Gasteiger partial charge in [0.2, 0.25) is 9.84 Å². The van der Waals surface area contributed by atoms with Gasteiger partial charge in [0.15, 0.2) is 4.90 Å². The van der Waals surface area contributed by atoms with Crippen LogP contribution in [0.2, 0.25) is 5.02 Å². The van der Waals surface area contributed by atoms with Gasteiger partial charge in [0, 0.05) is 30.2 Å². The van der Waals surface area contributed by atoms with Crippen LogP contribution in [0.1, 0.15) is 13.8 Å². The summed E-state index contributed by atoms with van der Waals surface area (Å²) in [6.45, 7) is 5.58. The van der Waals surface area contributed by atoms with Gasteiger partial charge in [-0.2, -0.15) is 0 Å². The molecular weight excluding hydrogens is 393 g/mol. The standard InChI is InChI=1S/C19H17ClFNO4S/c1-3-22(4-2)13-6-5-12-9-18(19(23)26-17(12)10-13)27(24,25)14-7-8-16(21)15(20)11-14/h5-11H,3-4H2,1-2H3. The van der Waals surface area contributed by atoms with Crippen molar-refractivity contribution >= 4 is 38.1 Å². The Balaban J connectivity index is 2.15. The van der Waals surface area contributed by atoms with Gasteiger partial charge in [-0.3, -0.25) is 0 Å². The zero-order valence-corrected chi connectivity index (χ0v) is 16.3. The summed E-state index contributed by atoms with van der Waals surface area (Å²) < 4.78 is 44.2. The Kier molecular flexibility index (Phi) is 5.26. The fraction of sp³-hybridized carbons (Fsp3) is 0.211. The first-order valence-electron chi connectivity index (χ1n) is 8.31. The second kappa shape index (κ2) is 7.32. The Morgan fingerprint density at radius 1 is 1.07 bits per heavy atom. The number of anilines is 1. The van der Waals surface area contributed by atoms with Crippen LogP contribution in [0.5, 0.6) is 0 Å². The van der Waals surface area contributed by atoms with Crippen molar-refractivity contribution in [2.45, 2.75) is 23.6 Å². The Labute approximate surface area is 160 Å². The lowest BCUT2D eigenvalue weighted by atomic mass is 10.2. The third kappa shape index (κ3) is 3.57. The summed E-state index contributed by atoms with van der Waals surface area (Å²) in [5.74, 6) is -0.745. The number of nitrogens with zero attached hydrogens (tertiary/aromatic N) is 1. The molecule has 0 aliphatic carbocycles. The van der Waals surface area contributed by atoms with E-state index in [0.29, 0.717) is 11.0 Å². The summed E-state index contributed by atoms with van der Waals surface area (Å²) in [4.78, 5) is 13.6. The third-order valence-electron chi connectivity index (χ3n) is 4.31. The molecule has 5 nitrogen and oxygen atoms in total. The number of hydrogen-bond acceptors (Lipinski definition) is 5. The first-order chi connectivity index (χ1) is 12.8. The summed E-state index contributed by atoms with van der Waals surface area (Å²) in [5.41, 5.74) is 0.178. The Morgan fingerprint density at radius 3 is 2.41 bits per heavy atom. The number of benzene rings is 2. The van der Waals surface area contributed by atoms with Gasteiger partial charge in [-0.1, -0.05) is 11.6 Å². The van der Waals surface area contributed by atoms with Crippen LogP contribution in [0.15, 0.2) is 61.5 Å². The highest BCUT2D eigenvalue weighted by Gasteiger charge is 2.24. The Morgan fingerprint density at radius 2 is 1.78 bits per heavy atom. The van der Waals surface area contributed by atoms with E-state index >= 15 is 0 Å². The minimum absolute atomic E-state index is 0.277. The molecule has 0 saturated carbocycles. The minimum atomic E-state index is -4.20. The van der Waals surface area contributed by atoms with E-state index < -0.39 is 26.2 Å². The predicted molar refractivity (Wildman–Crippen MR) is 103 cm³/mol. The first kappa shape index (κ1) is 19.4. The van der Waals surface area contributed by atoms with E-state index in [-0.39, 0.29) is 9.92 Å². The lowest BCUT2D eigenvalue weighted by molar-refractivity contribution is 0.532. The van der Waals surface area contributed by atoms with Crippen molar-refractivity contribution in [3.05, 3.63) is 63.7 Å². The van der Waals surface area contributed by atoms with Crippen LogP contribution in [0, 0.1) is 5.82 Å². The van der Waals surface area contributed by atoms with Gasteiger partial charge in [-0.25, -0.2) is 17.6 Å². The maximum atomic E-state index is 13.3. The molecular formula is C19H17ClFNO4S. The zero-order valence-electron chi connectivity index (χ0n) is 14.7. The van der Waals surface area contributed by atoms with Crippen molar-refractivity contribution in [2.75, 3.05) is 18.0 Å². The highest BCUT2D eigenvalue weighted by atomic mass is 35.5. The molecule has 142 valence electrons. The predicted octanol–water partition coefficient (Wildman–Crippen LogP) is 4.26. The molecule has 0 unspecified atom stereocenters. The van der Waals surface area contributed by atoms with Crippen LogP contribution >= 0.6 is 11.6 Å². The quantitative estimate of drug-likeness (QED) is 0.465. The maximum absolute atomic E-state index is 13.3. The Bertz CT molecular complexity index is 1170. The van der Waals surface area contributed by atoms with E-state index in [4.69, 9.17) is 16.0 Å². The van der Waals surface area contributed by atoms with E-state index in [2.05, 4.69) is 4.90 Å². The average Bonchev–Trinajstić information content (AvgIpc) is 2.64. The third-order valence-corrected chi connectivity index (χ3v) is 6.33. The molecule has 8 heteroatoms. The normalized spacial score (nSPS) is 11.7.